The van der Waals surface area contributed by atoms with Crippen molar-refractivity contribution in [2.75, 3.05) is 18.9 Å². The van der Waals surface area contributed by atoms with Gasteiger partial charge in [0, 0.05) is 6.20 Å². The Morgan fingerprint density at radius 1 is 1.26 bits per heavy atom. The van der Waals surface area contributed by atoms with Gasteiger partial charge < -0.3 is 9.47 Å². The van der Waals surface area contributed by atoms with Gasteiger partial charge in [-0.3, -0.25) is 4.72 Å². The molecule has 0 spiro atoms. The standard InChI is InChI=1S/C11H12N2O4S2/c1-16-9-5-7-18-11(9)19(14,15)13-8-4-3-6-12-10(8)17-2/h3-7,13H,1-2H3. The number of anilines is 1. The molecule has 19 heavy (non-hydrogen) atoms. The maximum atomic E-state index is 12.2. The Bertz CT molecular complexity index is 667. The van der Waals surface area contributed by atoms with Gasteiger partial charge in [0.05, 0.1) is 14.2 Å². The van der Waals surface area contributed by atoms with E-state index in [4.69, 9.17) is 9.47 Å². The van der Waals surface area contributed by atoms with Crippen molar-refractivity contribution in [1.29, 1.82) is 0 Å². The number of thiophene rings is 1. The highest BCUT2D eigenvalue weighted by molar-refractivity contribution is 7.94. The van der Waals surface area contributed by atoms with Gasteiger partial charge in [0.25, 0.3) is 10.0 Å². The Morgan fingerprint density at radius 2 is 2.05 bits per heavy atom. The van der Waals surface area contributed by atoms with E-state index >= 15 is 0 Å². The summed E-state index contributed by atoms with van der Waals surface area (Å²) in [6.45, 7) is 0. The predicted molar refractivity (Wildman–Crippen MR) is 72.5 cm³/mol. The van der Waals surface area contributed by atoms with Crippen LogP contribution in [-0.4, -0.2) is 27.6 Å². The molecule has 0 aliphatic rings. The molecule has 8 heteroatoms. The average Bonchev–Trinajstić information content (AvgIpc) is 2.88. The molecule has 2 rings (SSSR count). The fourth-order valence-corrected chi connectivity index (χ4v) is 3.79. The van der Waals surface area contributed by atoms with Crippen LogP contribution in [0.1, 0.15) is 0 Å². The Morgan fingerprint density at radius 3 is 2.74 bits per heavy atom. The maximum absolute atomic E-state index is 12.2. The second-order valence-corrected chi connectivity index (χ2v) is 6.24. The Kier molecular flexibility index (Phi) is 3.91. The fraction of sp³-hybridized carbons (Fsp3) is 0.182. The number of methoxy groups -OCH3 is 2. The van der Waals surface area contributed by atoms with Gasteiger partial charge in [-0.15, -0.1) is 11.3 Å². The molecule has 0 aromatic carbocycles. The molecule has 0 saturated heterocycles. The number of sulfonamides is 1. The first-order valence-electron chi connectivity index (χ1n) is 5.22. The smallest absolute Gasteiger partial charge is 0.275 e. The first-order chi connectivity index (χ1) is 9.08. The molecule has 0 unspecified atom stereocenters. The molecule has 0 fully saturated rings. The van der Waals surface area contributed by atoms with Crippen molar-refractivity contribution < 1.29 is 17.9 Å². The van der Waals surface area contributed by atoms with E-state index in [9.17, 15) is 8.42 Å². The van der Waals surface area contributed by atoms with Crippen LogP contribution < -0.4 is 14.2 Å². The van der Waals surface area contributed by atoms with Crippen LogP contribution in [0.25, 0.3) is 0 Å². The van der Waals surface area contributed by atoms with E-state index in [-0.39, 0.29) is 15.8 Å². The monoisotopic (exact) mass is 300 g/mol. The first kappa shape index (κ1) is 13.6. The number of hydrogen-bond donors (Lipinski definition) is 1. The van der Waals surface area contributed by atoms with Gasteiger partial charge in [-0.1, -0.05) is 0 Å². The van der Waals surface area contributed by atoms with Gasteiger partial charge in [0.15, 0.2) is 4.21 Å². The molecule has 0 bridgehead atoms. The van der Waals surface area contributed by atoms with Gasteiger partial charge in [-0.2, -0.15) is 0 Å². The number of aromatic nitrogens is 1. The van der Waals surface area contributed by atoms with Gasteiger partial charge in [-0.05, 0) is 23.6 Å². The Balaban J connectivity index is 2.37. The minimum absolute atomic E-state index is 0.112. The number of nitrogens with one attached hydrogen (secondary N) is 1. The van der Waals surface area contributed by atoms with Crippen LogP contribution in [0.2, 0.25) is 0 Å². The second kappa shape index (κ2) is 5.45. The first-order valence-corrected chi connectivity index (χ1v) is 7.58. The summed E-state index contributed by atoms with van der Waals surface area (Å²) in [6, 6.07) is 4.79. The van der Waals surface area contributed by atoms with E-state index in [1.165, 1.54) is 20.4 Å². The van der Waals surface area contributed by atoms with Crippen molar-refractivity contribution in [3.05, 3.63) is 29.8 Å². The Labute approximate surface area is 115 Å². The quantitative estimate of drug-likeness (QED) is 0.913. The molecule has 0 aliphatic carbocycles. The SMILES string of the molecule is COc1ccsc1S(=O)(=O)Nc1cccnc1OC. The van der Waals surface area contributed by atoms with Crippen LogP contribution in [0.5, 0.6) is 11.6 Å². The van der Waals surface area contributed by atoms with E-state index in [0.717, 1.165) is 11.3 Å². The fourth-order valence-electron chi connectivity index (χ4n) is 1.45. The minimum Gasteiger partial charge on any atom is -0.494 e. The van der Waals surface area contributed by atoms with E-state index in [2.05, 4.69) is 9.71 Å². The van der Waals surface area contributed by atoms with Crippen LogP contribution >= 0.6 is 11.3 Å². The number of ether oxygens (including phenoxy) is 2. The third kappa shape index (κ3) is 2.79. The van der Waals surface area contributed by atoms with E-state index in [1.807, 2.05) is 0 Å². The molecular weight excluding hydrogens is 288 g/mol. The molecular formula is C11H12N2O4S2. The average molecular weight is 300 g/mol. The summed E-state index contributed by atoms with van der Waals surface area (Å²) in [6.07, 6.45) is 1.52. The molecule has 2 aromatic heterocycles. The highest BCUT2D eigenvalue weighted by Gasteiger charge is 2.22. The summed E-state index contributed by atoms with van der Waals surface area (Å²) in [5, 5.41) is 1.65. The number of rotatable bonds is 5. The third-order valence-corrected chi connectivity index (χ3v) is 5.08. The molecule has 1 N–H and O–H groups in total. The largest absolute Gasteiger partial charge is 0.494 e. The molecule has 102 valence electrons. The summed E-state index contributed by atoms with van der Waals surface area (Å²) in [5.74, 6) is 0.516. The summed E-state index contributed by atoms with van der Waals surface area (Å²) < 4.78 is 37.0. The third-order valence-electron chi connectivity index (χ3n) is 2.27. The van der Waals surface area contributed by atoms with Crippen molar-refractivity contribution in [3.63, 3.8) is 0 Å². The van der Waals surface area contributed by atoms with Crippen molar-refractivity contribution in [2.24, 2.45) is 0 Å². The van der Waals surface area contributed by atoms with Crippen molar-refractivity contribution >= 4 is 27.0 Å². The molecule has 2 heterocycles. The summed E-state index contributed by atoms with van der Waals surface area (Å²) >= 11 is 1.08. The zero-order valence-corrected chi connectivity index (χ0v) is 11.9. The van der Waals surface area contributed by atoms with E-state index in [1.54, 1.807) is 23.6 Å². The second-order valence-electron chi connectivity index (χ2n) is 3.44. The van der Waals surface area contributed by atoms with Gasteiger partial charge >= 0.3 is 0 Å². The van der Waals surface area contributed by atoms with Crippen molar-refractivity contribution in [2.45, 2.75) is 4.21 Å². The highest BCUT2D eigenvalue weighted by atomic mass is 32.2. The lowest BCUT2D eigenvalue weighted by Crippen LogP contribution is -2.13. The molecule has 0 radical (unpaired) electrons. The normalized spacial score (nSPS) is 11.1. The predicted octanol–water partition coefficient (Wildman–Crippen LogP) is 1.96. The lowest BCUT2D eigenvalue weighted by atomic mass is 10.4. The Hall–Kier alpha value is -1.80. The minimum atomic E-state index is -3.72. The van der Waals surface area contributed by atoms with Crippen LogP contribution in [0.3, 0.4) is 0 Å². The lowest BCUT2D eigenvalue weighted by molar-refractivity contribution is 0.400. The van der Waals surface area contributed by atoms with Crippen molar-refractivity contribution in [1.82, 2.24) is 4.98 Å². The van der Waals surface area contributed by atoms with Gasteiger partial charge in [0.2, 0.25) is 5.88 Å². The van der Waals surface area contributed by atoms with Crippen LogP contribution in [0, 0.1) is 0 Å². The van der Waals surface area contributed by atoms with Crippen LogP contribution in [0.15, 0.2) is 34.0 Å². The molecule has 0 amide bonds. The summed E-state index contributed by atoms with van der Waals surface area (Å²) in [4.78, 5) is 3.93. The van der Waals surface area contributed by atoms with Gasteiger partial charge in [-0.25, -0.2) is 13.4 Å². The highest BCUT2D eigenvalue weighted by Crippen LogP contribution is 2.32. The number of hydrogen-bond acceptors (Lipinski definition) is 6. The zero-order chi connectivity index (χ0) is 13.9. The van der Waals surface area contributed by atoms with Crippen molar-refractivity contribution in [3.8, 4) is 11.6 Å². The number of pyridine rings is 1. The van der Waals surface area contributed by atoms with Crippen LogP contribution in [0.4, 0.5) is 5.69 Å². The molecule has 0 aliphatic heterocycles. The molecule has 6 nitrogen and oxygen atoms in total. The van der Waals surface area contributed by atoms with Gasteiger partial charge in [0.1, 0.15) is 11.4 Å². The molecule has 0 atom stereocenters. The lowest BCUT2D eigenvalue weighted by Gasteiger charge is -2.10. The summed E-state index contributed by atoms with van der Waals surface area (Å²) in [5.41, 5.74) is 0.278. The maximum Gasteiger partial charge on any atom is 0.275 e. The molecule has 2 aromatic rings. The number of nitrogens with zero attached hydrogens (tertiary/aromatic N) is 1. The topological polar surface area (TPSA) is 77.5 Å². The van der Waals surface area contributed by atoms with E-state index in [0.29, 0.717) is 5.75 Å². The van der Waals surface area contributed by atoms with Crippen LogP contribution in [-0.2, 0) is 10.0 Å². The van der Waals surface area contributed by atoms with E-state index < -0.39 is 10.0 Å². The summed E-state index contributed by atoms with van der Waals surface area (Å²) in [7, 11) is -0.877. The zero-order valence-electron chi connectivity index (χ0n) is 10.3. The molecule has 0 saturated carbocycles.